The second kappa shape index (κ2) is 8.31. The van der Waals surface area contributed by atoms with Crippen LogP contribution in [0.4, 0.5) is 0 Å². The van der Waals surface area contributed by atoms with Gasteiger partial charge in [0.2, 0.25) is 0 Å². The van der Waals surface area contributed by atoms with E-state index in [9.17, 15) is 4.79 Å². The molecule has 1 rings (SSSR count). The zero-order valence-electron chi connectivity index (χ0n) is 12.1. The average molecular weight is 274 g/mol. The van der Waals surface area contributed by atoms with Crippen molar-refractivity contribution in [2.24, 2.45) is 11.8 Å². The number of nitrogens with zero attached hydrogens (tertiary/aromatic N) is 2. The van der Waals surface area contributed by atoms with Gasteiger partial charge in [-0.1, -0.05) is 32.0 Å². The van der Waals surface area contributed by atoms with Crippen LogP contribution in [0.25, 0.3) is 0 Å². The van der Waals surface area contributed by atoms with Crippen LogP contribution in [0.3, 0.4) is 0 Å². The minimum Gasteiger partial charge on any atom is -0.298 e. The number of rotatable bonds is 7. The quantitative estimate of drug-likeness (QED) is 0.450. The van der Waals surface area contributed by atoms with Gasteiger partial charge >= 0.3 is 0 Å². The van der Waals surface area contributed by atoms with Gasteiger partial charge < -0.3 is 0 Å². The summed E-state index contributed by atoms with van der Waals surface area (Å²) in [5.74, 6) is 5.43. The molecule has 0 saturated carbocycles. The molecule has 3 N–H and O–H groups in total. The first-order valence-corrected chi connectivity index (χ1v) is 6.76. The lowest BCUT2D eigenvalue weighted by molar-refractivity contribution is 0.0951. The van der Waals surface area contributed by atoms with E-state index in [0.717, 1.165) is 12.1 Å². The zero-order chi connectivity index (χ0) is 15.0. The summed E-state index contributed by atoms with van der Waals surface area (Å²) in [5, 5.41) is 8.74. The van der Waals surface area contributed by atoms with Gasteiger partial charge in [0, 0.05) is 31.6 Å². The second-order valence-electron chi connectivity index (χ2n) is 5.17. The third-order valence-electron chi connectivity index (χ3n) is 2.95. The van der Waals surface area contributed by atoms with E-state index in [4.69, 9.17) is 11.1 Å². The standard InChI is InChI=1S/C15H22N4O/c1-12(2)10-19(9-5-8-16)11-13-6-3-4-7-14(13)15(20)18-17/h3-4,6-7,12H,5,9-11,17H2,1-2H3,(H,18,20). The molecule has 0 atom stereocenters. The SMILES string of the molecule is CC(C)CN(CCC#N)Cc1ccccc1C(=O)NN. The lowest BCUT2D eigenvalue weighted by Crippen LogP contribution is -2.33. The molecule has 5 heteroatoms. The Labute approximate surface area is 120 Å². The highest BCUT2D eigenvalue weighted by Crippen LogP contribution is 2.13. The van der Waals surface area contributed by atoms with E-state index in [1.807, 2.05) is 18.2 Å². The highest BCUT2D eigenvalue weighted by atomic mass is 16.2. The maximum atomic E-state index is 11.7. The molecule has 0 aliphatic rings. The van der Waals surface area contributed by atoms with Gasteiger partial charge in [0.25, 0.3) is 5.91 Å². The number of hydrazine groups is 1. The van der Waals surface area contributed by atoms with E-state index in [1.165, 1.54) is 0 Å². The molecule has 5 nitrogen and oxygen atoms in total. The Kier molecular flexibility index (Phi) is 6.71. The predicted octanol–water partition coefficient (Wildman–Crippen LogP) is 1.66. The van der Waals surface area contributed by atoms with E-state index in [2.05, 4.69) is 30.2 Å². The third kappa shape index (κ3) is 5.00. The monoisotopic (exact) mass is 274 g/mol. The largest absolute Gasteiger partial charge is 0.298 e. The third-order valence-corrected chi connectivity index (χ3v) is 2.95. The summed E-state index contributed by atoms with van der Waals surface area (Å²) < 4.78 is 0. The van der Waals surface area contributed by atoms with Crippen molar-refractivity contribution in [3.8, 4) is 6.07 Å². The van der Waals surface area contributed by atoms with Crippen molar-refractivity contribution in [3.63, 3.8) is 0 Å². The van der Waals surface area contributed by atoms with Gasteiger partial charge in [0.1, 0.15) is 0 Å². The van der Waals surface area contributed by atoms with Crippen LogP contribution in [0.2, 0.25) is 0 Å². The fraction of sp³-hybridized carbons (Fsp3) is 0.467. The maximum Gasteiger partial charge on any atom is 0.265 e. The molecular formula is C15H22N4O. The van der Waals surface area contributed by atoms with Crippen molar-refractivity contribution in [3.05, 3.63) is 35.4 Å². The molecule has 0 saturated heterocycles. The summed E-state index contributed by atoms with van der Waals surface area (Å²) in [7, 11) is 0. The number of benzene rings is 1. The Balaban J connectivity index is 2.87. The van der Waals surface area contributed by atoms with Crippen molar-refractivity contribution in [1.82, 2.24) is 10.3 Å². The first-order chi connectivity index (χ1) is 9.58. The highest BCUT2D eigenvalue weighted by molar-refractivity contribution is 5.95. The number of carbonyl (C=O) groups is 1. The molecule has 108 valence electrons. The maximum absolute atomic E-state index is 11.7. The summed E-state index contributed by atoms with van der Waals surface area (Å²) in [6.07, 6.45) is 0.484. The molecule has 20 heavy (non-hydrogen) atoms. The summed E-state index contributed by atoms with van der Waals surface area (Å²) in [5.41, 5.74) is 3.68. The first-order valence-electron chi connectivity index (χ1n) is 6.76. The number of amides is 1. The van der Waals surface area contributed by atoms with Crippen molar-refractivity contribution < 1.29 is 4.79 Å². The smallest absolute Gasteiger partial charge is 0.265 e. The molecule has 0 radical (unpaired) electrons. The summed E-state index contributed by atoms with van der Waals surface area (Å²) >= 11 is 0. The Morgan fingerprint density at radius 2 is 2.15 bits per heavy atom. The number of hydrogen-bond donors (Lipinski definition) is 2. The van der Waals surface area contributed by atoms with Crippen LogP contribution in [0.15, 0.2) is 24.3 Å². The van der Waals surface area contributed by atoms with Crippen LogP contribution in [0.5, 0.6) is 0 Å². The predicted molar refractivity (Wildman–Crippen MR) is 78.4 cm³/mol. The van der Waals surface area contributed by atoms with Crippen molar-refractivity contribution >= 4 is 5.91 Å². The van der Waals surface area contributed by atoms with E-state index < -0.39 is 0 Å². The van der Waals surface area contributed by atoms with Crippen LogP contribution in [0, 0.1) is 17.2 Å². The topological polar surface area (TPSA) is 82.2 Å². The molecule has 1 aromatic carbocycles. The second-order valence-corrected chi connectivity index (χ2v) is 5.17. The molecule has 0 aliphatic carbocycles. The fourth-order valence-corrected chi connectivity index (χ4v) is 2.16. The summed E-state index contributed by atoms with van der Waals surface area (Å²) in [6, 6.07) is 9.56. The Morgan fingerprint density at radius 3 is 2.75 bits per heavy atom. The van der Waals surface area contributed by atoms with Crippen molar-refractivity contribution in [2.45, 2.75) is 26.8 Å². The van der Waals surface area contributed by atoms with Gasteiger partial charge in [-0.2, -0.15) is 5.26 Å². The van der Waals surface area contributed by atoms with E-state index in [1.54, 1.807) is 6.07 Å². The molecule has 0 spiro atoms. The van der Waals surface area contributed by atoms with E-state index >= 15 is 0 Å². The molecule has 0 unspecified atom stereocenters. The zero-order valence-corrected chi connectivity index (χ0v) is 12.1. The Morgan fingerprint density at radius 1 is 1.45 bits per heavy atom. The molecule has 0 aromatic heterocycles. The Hall–Kier alpha value is -1.90. The average Bonchev–Trinajstić information content (AvgIpc) is 2.44. The molecular weight excluding hydrogens is 252 g/mol. The van der Waals surface area contributed by atoms with Gasteiger partial charge in [-0.25, -0.2) is 5.84 Å². The molecule has 0 bridgehead atoms. The number of nitrogen functional groups attached to an aromatic ring is 1. The van der Waals surface area contributed by atoms with E-state index in [-0.39, 0.29) is 5.91 Å². The van der Waals surface area contributed by atoms with E-state index in [0.29, 0.717) is 31.0 Å². The van der Waals surface area contributed by atoms with Gasteiger partial charge in [-0.3, -0.25) is 15.1 Å². The number of hydrogen-bond acceptors (Lipinski definition) is 4. The van der Waals surface area contributed by atoms with Crippen LogP contribution >= 0.6 is 0 Å². The molecule has 0 heterocycles. The Bertz CT molecular complexity index is 479. The molecule has 1 aromatic rings. The van der Waals surface area contributed by atoms with Crippen molar-refractivity contribution in [1.29, 1.82) is 5.26 Å². The van der Waals surface area contributed by atoms with Crippen molar-refractivity contribution in [2.75, 3.05) is 13.1 Å². The number of nitriles is 1. The van der Waals surface area contributed by atoms with Crippen LogP contribution < -0.4 is 11.3 Å². The van der Waals surface area contributed by atoms with Gasteiger partial charge in [0.15, 0.2) is 0 Å². The van der Waals surface area contributed by atoms with Gasteiger partial charge in [0.05, 0.1) is 6.07 Å². The number of nitrogens with two attached hydrogens (primary N) is 1. The molecule has 0 aliphatic heterocycles. The molecule has 0 fully saturated rings. The van der Waals surface area contributed by atoms with Crippen LogP contribution in [0.1, 0.15) is 36.2 Å². The van der Waals surface area contributed by atoms with Crippen LogP contribution in [-0.4, -0.2) is 23.9 Å². The fourth-order valence-electron chi connectivity index (χ4n) is 2.16. The lowest BCUT2D eigenvalue weighted by Gasteiger charge is -2.24. The van der Waals surface area contributed by atoms with Gasteiger partial charge in [-0.15, -0.1) is 0 Å². The number of nitrogens with one attached hydrogen (secondary N) is 1. The highest BCUT2D eigenvalue weighted by Gasteiger charge is 2.13. The normalized spacial score (nSPS) is 10.6. The number of carbonyl (C=O) groups excluding carboxylic acids is 1. The minimum absolute atomic E-state index is 0.287. The summed E-state index contributed by atoms with van der Waals surface area (Å²) in [6.45, 7) is 6.51. The summed E-state index contributed by atoms with van der Waals surface area (Å²) in [4.78, 5) is 13.9. The minimum atomic E-state index is -0.287. The van der Waals surface area contributed by atoms with Crippen LogP contribution in [-0.2, 0) is 6.54 Å². The first kappa shape index (κ1) is 16.2. The lowest BCUT2D eigenvalue weighted by atomic mass is 10.1. The van der Waals surface area contributed by atoms with Gasteiger partial charge in [-0.05, 0) is 17.5 Å². The molecule has 1 amide bonds.